The number of hydrogen-bond acceptors (Lipinski definition) is 3. The Morgan fingerprint density at radius 3 is 2.33 bits per heavy atom. The van der Waals surface area contributed by atoms with E-state index in [1.807, 2.05) is 6.07 Å². The molecule has 0 unspecified atom stereocenters. The zero-order valence-electron chi connectivity index (χ0n) is 12.6. The summed E-state index contributed by atoms with van der Waals surface area (Å²) in [4.78, 5) is 4.98. The summed E-state index contributed by atoms with van der Waals surface area (Å²) in [6.45, 7) is 7.50. The van der Waals surface area contributed by atoms with Crippen molar-refractivity contribution in [2.45, 2.75) is 13.5 Å². The van der Waals surface area contributed by atoms with Crippen LogP contribution in [0.15, 0.2) is 48.5 Å². The van der Waals surface area contributed by atoms with E-state index in [0.29, 0.717) is 0 Å². The summed E-state index contributed by atoms with van der Waals surface area (Å²) in [6.07, 6.45) is 0. The molecule has 1 fully saturated rings. The first kappa shape index (κ1) is 14.0. The average Bonchev–Trinajstić information content (AvgIpc) is 2.52. The molecule has 0 amide bonds. The van der Waals surface area contributed by atoms with Crippen LogP contribution in [0.5, 0.6) is 0 Å². The molecule has 2 N–H and O–H groups in total. The van der Waals surface area contributed by atoms with Gasteiger partial charge in [0.1, 0.15) is 0 Å². The number of rotatable bonds is 3. The van der Waals surface area contributed by atoms with Crippen LogP contribution in [0, 0.1) is 6.92 Å². The number of nitrogens with two attached hydrogens (primary N) is 1. The van der Waals surface area contributed by atoms with Crippen LogP contribution in [0.2, 0.25) is 0 Å². The number of aryl methyl sites for hydroxylation is 1. The van der Waals surface area contributed by atoms with Gasteiger partial charge >= 0.3 is 0 Å². The van der Waals surface area contributed by atoms with E-state index in [-0.39, 0.29) is 0 Å². The van der Waals surface area contributed by atoms with Gasteiger partial charge in [0, 0.05) is 44.1 Å². The van der Waals surface area contributed by atoms with Crippen molar-refractivity contribution >= 4 is 11.4 Å². The van der Waals surface area contributed by atoms with Gasteiger partial charge in [-0.3, -0.25) is 4.90 Å². The molecule has 1 heterocycles. The zero-order valence-corrected chi connectivity index (χ0v) is 12.6. The number of anilines is 2. The average molecular weight is 281 g/mol. The maximum Gasteiger partial charge on any atom is 0.0371 e. The molecule has 0 spiro atoms. The molecular formula is C18H23N3. The molecule has 21 heavy (non-hydrogen) atoms. The highest BCUT2D eigenvalue weighted by Gasteiger charge is 2.17. The minimum absolute atomic E-state index is 0.876. The van der Waals surface area contributed by atoms with E-state index < -0.39 is 0 Å². The third kappa shape index (κ3) is 3.37. The van der Waals surface area contributed by atoms with Gasteiger partial charge in [0.25, 0.3) is 0 Å². The fourth-order valence-corrected chi connectivity index (χ4v) is 2.86. The second-order valence-electron chi connectivity index (χ2n) is 5.79. The van der Waals surface area contributed by atoms with Crippen LogP contribution < -0.4 is 10.6 Å². The Balaban J connectivity index is 1.58. The van der Waals surface area contributed by atoms with Crippen molar-refractivity contribution < 1.29 is 0 Å². The molecule has 0 saturated carbocycles. The molecule has 0 aliphatic carbocycles. The smallest absolute Gasteiger partial charge is 0.0371 e. The van der Waals surface area contributed by atoms with Gasteiger partial charge in [0.05, 0.1) is 0 Å². The van der Waals surface area contributed by atoms with Gasteiger partial charge in [-0.2, -0.15) is 0 Å². The molecule has 1 aliphatic heterocycles. The van der Waals surface area contributed by atoms with Crippen molar-refractivity contribution in [2.24, 2.45) is 0 Å². The van der Waals surface area contributed by atoms with E-state index >= 15 is 0 Å². The molecular weight excluding hydrogens is 258 g/mol. The number of hydrogen-bond donors (Lipinski definition) is 1. The highest BCUT2D eigenvalue weighted by atomic mass is 15.3. The lowest BCUT2D eigenvalue weighted by atomic mass is 10.1. The van der Waals surface area contributed by atoms with Crippen molar-refractivity contribution in [1.82, 2.24) is 4.90 Å². The largest absolute Gasteiger partial charge is 0.399 e. The predicted octanol–water partition coefficient (Wildman–Crippen LogP) is 2.90. The Kier molecular flexibility index (Phi) is 4.11. The van der Waals surface area contributed by atoms with Gasteiger partial charge < -0.3 is 10.6 Å². The molecule has 3 nitrogen and oxygen atoms in total. The van der Waals surface area contributed by atoms with Crippen molar-refractivity contribution in [3.8, 4) is 0 Å². The Morgan fingerprint density at radius 2 is 1.67 bits per heavy atom. The summed E-state index contributed by atoms with van der Waals surface area (Å²) in [5, 5.41) is 0. The van der Waals surface area contributed by atoms with Gasteiger partial charge in [0.2, 0.25) is 0 Å². The van der Waals surface area contributed by atoms with Crippen LogP contribution in [0.25, 0.3) is 0 Å². The maximum atomic E-state index is 5.90. The summed E-state index contributed by atoms with van der Waals surface area (Å²) in [5.74, 6) is 0. The predicted molar refractivity (Wildman–Crippen MR) is 89.5 cm³/mol. The van der Waals surface area contributed by atoms with Crippen molar-refractivity contribution in [1.29, 1.82) is 0 Å². The molecule has 3 rings (SSSR count). The number of nitrogens with zero attached hydrogens (tertiary/aromatic N) is 2. The minimum atomic E-state index is 0.876. The summed E-state index contributed by atoms with van der Waals surface area (Å²) in [5.41, 5.74) is 10.6. The lowest BCUT2D eigenvalue weighted by molar-refractivity contribution is 0.250. The van der Waals surface area contributed by atoms with Gasteiger partial charge in [0.15, 0.2) is 0 Å². The van der Waals surface area contributed by atoms with Crippen molar-refractivity contribution in [2.75, 3.05) is 36.8 Å². The van der Waals surface area contributed by atoms with Crippen LogP contribution in [-0.2, 0) is 6.54 Å². The molecule has 110 valence electrons. The third-order valence-corrected chi connectivity index (χ3v) is 4.24. The standard InChI is InChI=1S/C18H23N3/c1-15-13-17(7-8-18(15)19)21-11-9-20(10-12-21)14-16-5-3-2-4-6-16/h2-8,13H,9-12,14,19H2,1H3. The van der Waals surface area contributed by atoms with Crippen LogP contribution in [0.3, 0.4) is 0 Å². The summed E-state index contributed by atoms with van der Waals surface area (Å²) in [6, 6.07) is 17.1. The second kappa shape index (κ2) is 6.19. The van der Waals surface area contributed by atoms with Crippen LogP contribution in [0.1, 0.15) is 11.1 Å². The van der Waals surface area contributed by atoms with E-state index in [4.69, 9.17) is 5.73 Å². The van der Waals surface area contributed by atoms with Crippen molar-refractivity contribution in [3.63, 3.8) is 0 Å². The summed E-state index contributed by atoms with van der Waals surface area (Å²) >= 11 is 0. The van der Waals surface area contributed by atoms with Gasteiger partial charge in [-0.25, -0.2) is 0 Å². The van der Waals surface area contributed by atoms with Gasteiger partial charge in [-0.1, -0.05) is 30.3 Å². The number of piperazine rings is 1. The van der Waals surface area contributed by atoms with Crippen LogP contribution in [-0.4, -0.2) is 31.1 Å². The molecule has 0 atom stereocenters. The molecule has 2 aromatic rings. The molecule has 1 saturated heterocycles. The third-order valence-electron chi connectivity index (χ3n) is 4.24. The fourth-order valence-electron chi connectivity index (χ4n) is 2.86. The van der Waals surface area contributed by atoms with Crippen LogP contribution in [0.4, 0.5) is 11.4 Å². The van der Waals surface area contributed by atoms with Crippen molar-refractivity contribution in [3.05, 3.63) is 59.7 Å². The lowest BCUT2D eigenvalue weighted by Gasteiger charge is -2.36. The normalized spacial score (nSPS) is 16.1. The Labute approximate surface area is 127 Å². The molecule has 0 radical (unpaired) electrons. The van der Waals surface area contributed by atoms with E-state index in [1.54, 1.807) is 0 Å². The second-order valence-corrected chi connectivity index (χ2v) is 5.79. The van der Waals surface area contributed by atoms with Gasteiger partial charge in [-0.05, 0) is 36.2 Å². The molecule has 1 aliphatic rings. The Hall–Kier alpha value is -2.00. The first-order valence-corrected chi connectivity index (χ1v) is 7.60. The zero-order chi connectivity index (χ0) is 14.7. The lowest BCUT2D eigenvalue weighted by Crippen LogP contribution is -2.46. The highest BCUT2D eigenvalue weighted by Crippen LogP contribution is 2.22. The van der Waals surface area contributed by atoms with Gasteiger partial charge in [-0.15, -0.1) is 0 Å². The van der Waals surface area contributed by atoms with E-state index in [2.05, 4.69) is 59.2 Å². The van der Waals surface area contributed by atoms with Crippen LogP contribution >= 0.6 is 0 Å². The SMILES string of the molecule is Cc1cc(N2CCN(Cc3ccccc3)CC2)ccc1N. The molecule has 3 heteroatoms. The van der Waals surface area contributed by atoms with E-state index in [1.165, 1.54) is 16.8 Å². The topological polar surface area (TPSA) is 32.5 Å². The number of nitrogen functional groups attached to an aromatic ring is 1. The molecule has 0 bridgehead atoms. The molecule has 0 aromatic heterocycles. The monoisotopic (exact) mass is 281 g/mol. The Bertz CT molecular complexity index is 587. The minimum Gasteiger partial charge on any atom is -0.399 e. The maximum absolute atomic E-state index is 5.90. The summed E-state index contributed by atoms with van der Waals surface area (Å²) < 4.78 is 0. The first-order chi connectivity index (χ1) is 10.2. The quantitative estimate of drug-likeness (QED) is 0.878. The first-order valence-electron chi connectivity index (χ1n) is 7.60. The van der Waals surface area contributed by atoms with E-state index in [9.17, 15) is 0 Å². The Morgan fingerprint density at radius 1 is 0.952 bits per heavy atom. The highest BCUT2D eigenvalue weighted by molar-refractivity contribution is 5.58. The summed E-state index contributed by atoms with van der Waals surface area (Å²) in [7, 11) is 0. The number of benzene rings is 2. The molecule has 2 aromatic carbocycles. The van der Waals surface area contributed by atoms with E-state index in [0.717, 1.165) is 38.4 Å². The fraction of sp³-hybridized carbons (Fsp3) is 0.333.